The van der Waals surface area contributed by atoms with Gasteiger partial charge >= 0.3 is 0 Å². The van der Waals surface area contributed by atoms with Gasteiger partial charge < -0.3 is 4.57 Å². The smallest absolute Gasteiger partial charge is 0.158 e. The molecule has 0 fully saturated rings. The molecule has 0 aliphatic rings. The largest absolute Gasteiger partial charge is 0.313 e. The summed E-state index contributed by atoms with van der Waals surface area (Å²) in [6.45, 7) is 5.42. The highest BCUT2D eigenvalue weighted by Gasteiger charge is 2.18. The van der Waals surface area contributed by atoms with Crippen molar-refractivity contribution in [1.82, 2.24) is 19.3 Å². The summed E-state index contributed by atoms with van der Waals surface area (Å²) in [6, 6.07) is 0. The molecule has 4 nitrogen and oxygen atoms in total. The van der Waals surface area contributed by atoms with E-state index in [-0.39, 0.29) is 0 Å². The SMILES string of the molecule is CCCCCn1c(CCCl)nc2c(CCC)nn(C)c21. The van der Waals surface area contributed by atoms with Crippen molar-refractivity contribution >= 4 is 22.8 Å². The van der Waals surface area contributed by atoms with Gasteiger partial charge in [0.2, 0.25) is 0 Å². The summed E-state index contributed by atoms with van der Waals surface area (Å²) in [4.78, 5) is 4.82. The third-order valence-corrected chi connectivity index (χ3v) is 3.85. The summed E-state index contributed by atoms with van der Waals surface area (Å²) in [5.74, 6) is 1.73. The summed E-state index contributed by atoms with van der Waals surface area (Å²) in [6.07, 6.45) is 6.58. The van der Waals surface area contributed by atoms with Gasteiger partial charge in [0.25, 0.3) is 0 Å². The van der Waals surface area contributed by atoms with Crippen molar-refractivity contribution in [2.45, 2.75) is 58.9 Å². The lowest BCUT2D eigenvalue weighted by Crippen LogP contribution is -2.08. The van der Waals surface area contributed by atoms with Crippen molar-refractivity contribution < 1.29 is 0 Å². The first-order valence-corrected chi connectivity index (χ1v) is 8.23. The third-order valence-electron chi connectivity index (χ3n) is 3.66. The van der Waals surface area contributed by atoms with E-state index in [0.717, 1.165) is 48.5 Å². The second-order valence-corrected chi connectivity index (χ2v) is 5.70. The zero-order valence-electron chi connectivity index (χ0n) is 12.8. The average Bonchev–Trinajstić information content (AvgIpc) is 2.91. The Morgan fingerprint density at radius 2 is 1.90 bits per heavy atom. The second kappa shape index (κ2) is 7.11. The molecule has 0 saturated heterocycles. The minimum atomic E-state index is 0.619. The number of nitrogens with zero attached hydrogens (tertiary/aromatic N) is 4. The fraction of sp³-hybridized carbons (Fsp3) is 0.733. The van der Waals surface area contributed by atoms with Crippen LogP contribution < -0.4 is 0 Å². The van der Waals surface area contributed by atoms with E-state index in [1.165, 1.54) is 19.3 Å². The summed E-state index contributed by atoms with van der Waals surface area (Å²) < 4.78 is 4.30. The maximum atomic E-state index is 5.93. The van der Waals surface area contributed by atoms with E-state index < -0.39 is 0 Å². The lowest BCUT2D eigenvalue weighted by molar-refractivity contribution is 0.579. The molecule has 0 aliphatic carbocycles. The number of fused-ring (bicyclic) bond motifs is 1. The van der Waals surface area contributed by atoms with Gasteiger partial charge in [-0.05, 0) is 12.8 Å². The first kappa shape index (κ1) is 15.4. The molecule has 0 unspecified atom stereocenters. The standard InChI is InChI=1S/C15H25ClN4/c1-4-6-7-11-20-13(9-10-16)17-14-12(8-5-2)18-19(3)15(14)20/h4-11H2,1-3H3. The molecule has 0 saturated carbocycles. The first-order chi connectivity index (χ1) is 9.72. The fourth-order valence-electron chi connectivity index (χ4n) is 2.72. The monoisotopic (exact) mass is 296 g/mol. The van der Waals surface area contributed by atoms with Gasteiger partial charge in [0.1, 0.15) is 11.3 Å². The van der Waals surface area contributed by atoms with Gasteiger partial charge in [-0.3, -0.25) is 4.68 Å². The van der Waals surface area contributed by atoms with Crippen LogP contribution >= 0.6 is 11.6 Å². The van der Waals surface area contributed by atoms with Crippen molar-refractivity contribution in [3.05, 3.63) is 11.5 Å². The molecular weight excluding hydrogens is 272 g/mol. The van der Waals surface area contributed by atoms with Gasteiger partial charge in [0.15, 0.2) is 5.65 Å². The summed E-state index contributed by atoms with van der Waals surface area (Å²) in [7, 11) is 2.02. The minimum absolute atomic E-state index is 0.619. The zero-order valence-corrected chi connectivity index (χ0v) is 13.6. The van der Waals surface area contributed by atoms with Crippen LogP contribution in [-0.2, 0) is 26.4 Å². The fourth-order valence-corrected chi connectivity index (χ4v) is 2.89. The van der Waals surface area contributed by atoms with Gasteiger partial charge in [-0.15, -0.1) is 11.6 Å². The van der Waals surface area contributed by atoms with Crippen LogP contribution in [0.25, 0.3) is 11.2 Å². The van der Waals surface area contributed by atoms with E-state index in [2.05, 4.69) is 23.5 Å². The van der Waals surface area contributed by atoms with Crippen LogP contribution in [0.4, 0.5) is 0 Å². The van der Waals surface area contributed by atoms with Gasteiger partial charge in [-0.25, -0.2) is 4.98 Å². The molecule has 0 aliphatic heterocycles. The molecule has 0 atom stereocenters. The van der Waals surface area contributed by atoms with Crippen molar-refractivity contribution in [2.24, 2.45) is 7.05 Å². The van der Waals surface area contributed by atoms with E-state index in [1.807, 2.05) is 11.7 Å². The molecular formula is C15H25ClN4. The number of aryl methyl sites for hydroxylation is 4. The van der Waals surface area contributed by atoms with Crippen LogP contribution in [0.2, 0.25) is 0 Å². The molecule has 5 heteroatoms. The predicted molar refractivity (Wildman–Crippen MR) is 84.4 cm³/mol. The van der Waals surface area contributed by atoms with Crippen LogP contribution in [-0.4, -0.2) is 25.2 Å². The number of hydrogen-bond donors (Lipinski definition) is 0. The maximum absolute atomic E-state index is 5.93. The Morgan fingerprint density at radius 3 is 2.55 bits per heavy atom. The Balaban J connectivity index is 2.41. The molecule has 2 rings (SSSR count). The Labute approximate surface area is 126 Å². The zero-order chi connectivity index (χ0) is 14.5. The Hall–Kier alpha value is -1.03. The summed E-state index contributed by atoms with van der Waals surface area (Å²) in [5.41, 5.74) is 3.35. The van der Waals surface area contributed by atoms with Gasteiger partial charge in [-0.2, -0.15) is 5.10 Å². The number of rotatable bonds is 8. The molecule has 0 radical (unpaired) electrons. The van der Waals surface area contributed by atoms with Crippen LogP contribution in [0.15, 0.2) is 0 Å². The van der Waals surface area contributed by atoms with Crippen LogP contribution in [0.3, 0.4) is 0 Å². The maximum Gasteiger partial charge on any atom is 0.158 e. The van der Waals surface area contributed by atoms with E-state index in [0.29, 0.717) is 5.88 Å². The lowest BCUT2D eigenvalue weighted by Gasteiger charge is -2.08. The van der Waals surface area contributed by atoms with Crippen LogP contribution in [0.5, 0.6) is 0 Å². The highest BCUT2D eigenvalue weighted by atomic mass is 35.5. The van der Waals surface area contributed by atoms with Crippen molar-refractivity contribution in [1.29, 1.82) is 0 Å². The van der Waals surface area contributed by atoms with Crippen molar-refractivity contribution in [3.8, 4) is 0 Å². The van der Waals surface area contributed by atoms with Crippen molar-refractivity contribution in [3.63, 3.8) is 0 Å². The number of imidazole rings is 1. The first-order valence-electron chi connectivity index (χ1n) is 7.69. The third kappa shape index (κ3) is 3.00. The quantitative estimate of drug-likeness (QED) is 0.550. The highest BCUT2D eigenvalue weighted by molar-refractivity contribution is 6.17. The number of alkyl halides is 1. The van der Waals surface area contributed by atoms with E-state index in [1.54, 1.807) is 0 Å². The molecule has 0 N–H and O–H groups in total. The van der Waals surface area contributed by atoms with Gasteiger partial charge in [-0.1, -0.05) is 33.1 Å². The van der Waals surface area contributed by atoms with E-state index in [4.69, 9.17) is 16.6 Å². The molecule has 112 valence electrons. The molecule has 2 aromatic heterocycles. The normalized spacial score (nSPS) is 11.6. The van der Waals surface area contributed by atoms with E-state index in [9.17, 15) is 0 Å². The summed E-state index contributed by atoms with van der Waals surface area (Å²) >= 11 is 5.93. The Bertz CT molecular complexity index is 556. The van der Waals surface area contributed by atoms with Crippen LogP contribution in [0, 0.1) is 0 Å². The number of unbranched alkanes of at least 4 members (excludes halogenated alkanes) is 2. The summed E-state index contributed by atoms with van der Waals surface area (Å²) in [5, 5.41) is 4.63. The topological polar surface area (TPSA) is 35.6 Å². The second-order valence-electron chi connectivity index (χ2n) is 5.32. The predicted octanol–water partition coefficient (Wildman–Crippen LogP) is 3.69. The molecule has 2 heterocycles. The number of aromatic nitrogens is 4. The minimum Gasteiger partial charge on any atom is -0.313 e. The van der Waals surface area contributed by atoms with Crippen LogP contribution in [0.1, 0.15) is 51.0 Å². The number of halogens is 1. The van der Waals surface area contributed by atoms with Crippen molar-refractivity contribution in [2.75, 3.05) is 5.88 Å². The van der Waals surface area contributed by atoms with Gasteiger partial charge in [0, 0.05) is 25.9 Å². The van der Waals surface area contributed by atoms with Gasteiger partial charge in [0.05, 0.1) is 5.69 Å². The molecule has 20 heavy (non-hydrogen) atoms. The number of hydrogen-bond acceptors (Lipinski definition) is 2. The molecule has 0 amide bonds. The Kier molecular flexibility index (Phi) is 5.46. The molecule has 0 bridgehead atoms. The van der Waals surface area contributed by atoms with E-state index >= 15 is 0 Å². The Morgan fingerprint density at radius 1 is 1.10 bits per heavy atom. The molecule has 0 spiro atoms. The molecule has 0 aromatic carbocycles. The lowest BCUT2D eigenvalue weighted by atomic mass is 10.2. The average molecular weight is 297 g/mol. The highest BCUT2D eigenvalue weighted by Crippen LogP contribution is 2.22. The molecule has 2 aromatic rings.